The van der Waals surface area contributed by atoms with E-state index in [1.165, 1.54) is 152 Å². The van der Waals surface area contributed by atoms with Gasteiger partial charge in [-0.1, -0.05) is 169 Å². The molecule has 0 atom stereocenters. The molecule has 0 aliphatic heterocycles. The minimum absolute atomic E-state index is 0.0613. The third kappa shape index (κ3) is 7.20. The van der Waals surface area contributed by atoms with Gasteiger partial charge in [-0.15, -0.1) is 0 Å². The van der Waals surface area contributed by atoms with Crippen LogP contribution in [0.5, 0.6) is 0 Å². The zero-order chi connectivity index (χ0) is 34.2. The van der Waals surface area contributed by atoms with Gasteiger partial charge in [-0.05, 0) is 107 Å². The standard InChI is InChI=1S/C49H57N/c1-3-35-49(36-4-2)47-24-18-17-23-45(47)46-34-33-44(37-48(46)49)50(43-31-27-41(28-32-43)39-21-15-12-16-22-39)42-29-25-40(26-30-42)38-19-13-10-8-6-5-7-9-11-14-20-38/h12,15-18,21-34,37-38H,3-11,13-14,19-20,35-36H2,1-2H3. The third-order valence-electron chi connectivity index (χ3n) is 11.8. The van der Waals surface area contributed by atoms with Crippen LogP contribution in [-0.4, -0.2) is 0 Å². The van der Waals surface area contributed by atoms with E-state index in [1.54, 1.807) is 0 Å². The molecule has 0 radical (unpaired) electrons. The van der Waals surface area contributed by atoms with Crippen molar-refractivity contribution in [2.24, 2.45) is 0 Å². The Balaban J connectivity index is 1.28. The molecule has 0 bridgehead atoms. The lowest BCUT2D eigenvalue weighted by Crippen LogP contribution is -2.25. The van der Waals surface area contributed by atoms with Crippen molar-refractivity contribution in [1.29, 1.82) is 0 Å². The third-order valence-corrected chi connectivity index (χ3v) is 11.8. The van der Waals surface area contributed by atoms with E-state index in [0.717, 1.165) is 0 Å². The molecule has 0 saturated heterocycles. The number of hydrogen-bond acceptors (Lipinski definition) is 1. The topological polar surface area (TPSA) is 3.24 Å². The largest absolute Gasteiger partial charge is 0.310 e. The van der Waals surface area contributed by atoms with Crippen molar-refractivity contribution in [3.63, 3.8) is 0 Å². The van der Waals surface area contributed by atoms with Gasteiger partial charge in [0.1, 0.15) is 0 Å². The Hall–Kier alpha value is -4.10. The van der Waals surface area contributed by atoms with Crippen molar-refractivity contribution in [3.05, 3.63) is 138 Å². The molecule has 0 unspecified atom stereocenters. The molecule has 1 heteroatoms. The highest BCUT2D eigenvalue weighted by atomic mass is 15.1. The first-order valence-electron chi connectivity index (χ1n) is 20.0. The van der Waals surface area contributed by atoms with E-state index in [-0.39, 0.29) is 5.41 Å². The zero-order valence-corrected chi connectivity index (χ0v) is 30.7. The van der Waals surface area contributed by atoms with Crippen molar-refractivity contribution in [2.75, 3.05) is 4.90 Å². The molecule has 7 rings (SSSR count). The van der Waals surface area contributed by atoms with Crippen molar-refractivity contribution >= 4 is 17.1 Å². The van der Waals surface area contributed by atoms with E-state index in [2.05, 4.69) is 140 Å². The first kappa shape index (κ1) is 34.4. The molecule has 2 aliphatic rings. The van der Waals surface area contributed by atoms with Crippen LogP contribution in [0.3, 0.4) is 0 Å². The monoisotopic (exact) mass is 659 g/mol. The molecule has 0 spiro atoms. The van der Waals surface area contributed by atoms with Crippen LogP contribution >= 0.6 is 0 Å². The maximum absolute atomic E-state index is 2.55. The second-order valence-electron chi connectivity index (χ2n) is 15.2. The number of rotatable bonds is 9. The van der Waals surface area contributed by atoms with Crippen molar-refractivity contribution < 1.29 is 0 Å². The molecule has 50 heavy (non-hydrogen) atoms. The molecule has 1 saturated carbocycles. The lowest BCUT2D eigenvalue weighted by Gasteiger charge is -2.33. The van der Waals surface area contributed by atoms with E-state index in [1.807, 2.05) is 0 Å². The average molecular weight is 660 g/mol. The molecule has 0 amide bonds. The van der Waals surface area contributed by atoms with Crippen LogP contribution in [0.4, 0.5) is 17.1 Å². The van der Waals surface area contributed by atoms with Gasteiger partial charge >= 0.3 is 0 Å². The van der Waals surface area contributed by atoms with Crippen molar-refractivity contribution in [1.82, 2.24) is 0 Å². The van der Waals surface area contributed by atoms with Gasteiger partial charge < -0.3 is 4.90 Å². The number of hydrogen-bond donors (Lipinski definition) is 0. The van der Waals surface area contributed by atoms with E-state index in [9.17, 15) is 0 Å². The summed E-state index contributed by atoms with van der Waals surface area (Å²) in [5.74, 6) is 0.671. The summed E-state index contributed by atoms with van der Waals surface area (Å²) in [4.78, 5) is 2.51. The molecular formula is C49H57N. The summed E-state index contributed by atoms with van der Waals surface area (Å²) in [6.07, 6.45) is 20.0. The average Bonchev–Trinajstić information content (AvgIpc) is 3.42. The van der Waals surface area contributed by atoms with Gasteiger partial charge in [0.25, 0.3) is 0 Å². The molecule has 0 heterocycles. The van der Waals surface area contributed by atoms with Crippen molar-refractivity contribution in [3.8, 4) is 22.3 Å². The highest BCUT2D eigenvalue weighted by Crippen LogP contribution is 2.55. The molecule has 2 aliphatic carbocycles. The number of fused-ring (bicyclic) bond motifs is 3. The quantitative estimate of drug-likeness (QED) is 0.152. The molecule has 5 aromatic carbocycles. The minimum Gasteiger partial charge on any atom is -0.310 e. The highest BCUT2D eigenvalue weighted by molar-refractivity contribution is 5.86. The van der Waals surface area contributed by atoms with E-state index < -0.39 is 0 Å². The fourth-order valence-electron chi connectivity index (χ4n) is 9.37. The summed E-state index contributed by atoms with van der Waals surface area (Å²) in [7, 11) is 0. The van der Waals surface area contributed by atoms with Gasteiger partial charge in [0.15, 0.2) is 0 Å². The van der Waals surface area contributed by atoms with Crippen LogP contribution in [0.1, 0.15) is 133 Å². The summed E-state index contributed by atoms with van der Waals surface area (Å²) in [5.41, 5.74) is 13.7. The van der Waals surface area contributed by atoms with Gasteiger partial charge in [0.05, 0.1) is 0 Å². The van der Waals surface area contributed by atoms with Crippen LogP contribution in [0.25, 0.3) is 22.3 Å². The van der Waals surface area contributed by atoms with Gasteiger partial charge in [0.2, 0.25) is 0 Å². The SMILES string of the molecule is CCCC1(CCC)c2ccccc2-c2ccc(N(c3ccc(-c4ccccc4)cc3)c3ccc(C4CCCCCCCCCCC4)cc3)cc21. The van der Waals surface area contributed by atoms with Crippen LogP contribution in [0.15, 0.2) is 121 Å². The first-order valence-corrected chi connectivity index (χ1v) is 20.0. The van der Waals surface area contributed by atoms with Gasteiger partial charge in [-0.2, -0.15) is 0 Å². The number of anilines is 3. The first-order chi connectivity index (χ1) is 24.7. The van der Waals surface area contributed by atoms with Crippen LogP contribution in [0.2, 0.25) is 0 Å². The highest BCUT2D eigenvalue weighted by Gasteiger charge is 2.42. The summed E-state index contributed by atoms with van der Waals surface area (Å²) in [5, 5.41) is 0. The van der Waals surface area contributed by atoms with Gasteiger partial charge in [-0.25, -0.2) is 0 Å². The number of nitrogens with zero attached hydrogens (tertiary/aromatic N) is 1. The Morgan fingerprint density at radius 1 is 0.480 bits per heavy atom. The molecule has 0 N–H and O–H groups in total. The van der Waals surface area contributed by atoms with Crippen molar-refractivity contribution in [2.45, 2.75) is 121 Å². The zero-order valence-electron chi connectivity index (χ0n) is 30.7. The summed E-state index contributed by atoms with van der Waals surface area (Å²) >= 11 is 0. The lowest BCUT2D eigenvalue weighted by molar-refractivity contribution is 0.436. The summed E-state index contributed by atoms with van der Waals surface area (Å²) < 4.78 is 0. The Bertz CT molecular complexity index is 1780. The Morgan fingerprint density at radius 3 is 1.60 bits per heavy atom. The second-order valence-corrected chi connectivity index (χ2v) is 15.2. The molecule has 5 aromatic rings. The smallest absolute Gasteiger partial charge is 0.0465 e. The van der Waals surface area contributed by atoms with E-state index in [0.29, 0.717) is 5.92 Å². The molecule has 258 valence electrons. The number of benzene rings is 5. The van der Waals surface area contributed by atoms with E-state index in [4.69, 9.17) is 0 Å². The van der Waals surface area contributed by atoms with Crippen LogP contribution in [0, 0.1) is 0 Å². The Kier molecular flexibility index (Phi) is 11.2. The van der Waals surface area contributed by atoms with Crippen LogP contribution < -0.4 is 4.90 Å². The molecular weight excluding hydrogens is 603 g/mol. The fraction of sp³-hybridized carbons (Fsp3) is 0.388. The summed E-state index contributed by atoms with van der Waals surface area (Å²) in [6.45, 7) is 4.71. The predicted octanol–water partition coefficient (Wildman–Crippen LogP) is 15.1. The fourth-order valence-corrected chi connectivity index (χ4v) is 9.37. The minimum atomic E-state index is 0.0613. The predicted molar refractivity (Wildman–Crippen MR) is 216 cm³/mol. The summed E-state index contributed by atoms with van der Waals surface area (Å²) in [6, 6.07) is 46.2. The lowest BCUT2D eigenvalue weighted by atomic mass is 9.71. The van der Waals surface area contributed by atoms with E-state index >= 15 is 0 Å². The maximum Gasteiger partial charge on any atom is 0.0465 e. The molecule has 0 aromatic heterocycles. The Labute approximate surface area is 302 Å². The normalized spacial score (nSPS) is 16.5. The maximum atomic E-state index is 2.55. The molecule has 1 nitrogen and oxygen atoms in total. The van der Waals surface area contributed by atoms with Gasteiger partial charge in [-0.3, -0.25) is 0 Å². The second kappa shape index (κ2) is 16.3. The van der Waals surface area contributed by atoms with Gasteiger partial charge in [0, 0.05) is 22.5 Å². The Morgan fingerprint density at radius 2 is 0.980 bits per heavy atom. The molecule has 1 fully saturated rings. The van der Waals surface area contributed by atoms with Crippen LogP contribution in [-0.2, 0) is 5.41 Å².